The fraction of sp³-hybridized carbons (Fsp3) is 0.278. The van der Waals surface area contributed by atoms with Gasteiger partial charge in [-0.1, -0.05) is 12.1 Å². The van der Waals surface area contributed by atoms with Gasteiger partial charge in [-0.2, -0.15) is 0 Å². The number of pyridine rings is 1. The molecule has 1 amide bonds. The van der Waals surface area contributed by atoms with Gasteiger partial charge in [-0.05, 0) is 29.8 Å². The van der Waals surface area contributed by atoms with Gasteiger partial charge in [0.25, 0.3) is 0 Å². The van der Waals surface area contributed by atoms with Crippen molar-refractivity contribution < 1.29 is 9.53 Å². The molecule has 132 valence electrons. The predicted molar refractivity (Wildman–Crippen MR) is 98.6 cm³/mol. The first-order chi connectivity index (χ1) is 12.1. The van der Waals surface area contributed by atoms with Gasteiger partial charge in [0.05, 0.1) is 25.0 Å². The summed E-state index contributed by atoms with van der Waals surface area (Å²) in [5, 5.41) is 9.21. The second-order valence-corrected chi connectivity index (χ2v) is 5.32. The molecule has 0 fully saturated rings. The Balaban J connectivity index is 1.95. The van der Waals surface area contributed by atoms with E-state index < -0.39 is 0 Å². The Morgan fingerprint density at radius 3 is 2.64 bits per heavy atom. The summed E-state index contributed by atoms with van der Waals surface area (Å²) in [5.41, 5.74) is 2.57. The molecule has 7 heteroatoms. The van der Waals surface area contributed by atoms with Crippen molar-refractivity contribution in [3.8, 4) is 5.75 Å². The van der Waals surface area contributed by atoms with Gasteiger partial charge in [-0.3, -0.25) is 14.8 Å². The third kappa shape index (κ3) is 5.80. The zero-order chi connectivity index (χ0) is 18.1. The average Bonchev–Trinajstić information content (AvgIpc) is 2.62. The Morgan fingerprint density at radius 1 is 1.20 bits per heavy atom. The first-order valence-electron chi connectivity index (χ1n) is 7.91. The summed E-state index contributed by atoms with van der Waals surface area (Å²) in [6.45, 7) is 2.60. The number of carbonyl (C=O) groups is 1. The van der Waals surface area contributed by atoms with Gasteiger partial charge in [-0.25, -0.2) is 0 Å². The van der Waals surface area contributed by atoms with Crippen molar-refractivity contribution in [3.63, 3.8) is 0 Å². The number of rotatable bonds is 6. The van der Waals surface area contributed by atoms with Gasteiger partial charge >= 0.3 is 0 Å². The lowest BCUT2D eigenvalue weighted by Gasteiger charge is -2.14. The lowest BCUT2D eigenvalue weighted by molar-refractivity contribution is -0.114. The van der Waals surface area contributed by atoms with Crippen LogP contribution in [0.1, 0.15) is 18.2 Å². The Bertz CT molecular complexity index is 732. The third-order valence-corrected chi connectivity index (χ3v) is 3.42. The van der Waals surface area contributed by atoms with Crippen LogP contribution in [0.3, 0.4) is 0 Å². The normalized spacial score (nSPS) is 10.9. The van der Waals surface area contributed by atoms with Crippen molar-refractivity contribution in [2.24, 2.45) is 4.99 Å². The quantitative estimate of drug-likeness (QED) is 0.552. The zero-order valence-electron chi connectivity index (χ0n) is 14.7. The van der Waals surface area contributed by atoms with Crippen LogP contribution in [0.5, 0.6) is 5.75 Å². The molecule has 0 unspecified atom stereocenters. The summed E-state index contributed by atoms with van der Waals surface area (Å²) in [5.74, 6) is 1.15. The molecule has 3 N–H and O–H groups in total. The summed E-state index contributed by atoms with van der Waals surface area (Å²) in [6.07, 6.45) is 1.76. The maximum atomic E-state index is 11.3. The number of hydrogen-bond donors (Lipinski definition) is 3. The number of amides is 1. The summed E-state index contributed by atoms with van der Waals surface area (Å²) in [7, 11) is 3.28. The lowest BCUT2D eigenvalue weighted by Crippen LogP contribution is -2.36. The number of hydrogen-bond acceptors (Lipinski definition) is 4. The predicted octanol–water partition coefficient (Wildman–Crippen LogP) is 1.91. The van der Waals surface area contributed by atoms with E-state index in [2.05, 4.69) is 25.9 Å². The molecule has 0 radical (unpaired) electrons. The van der Waals surface area contributed by atoms with Crippen LogP contribution in [-0.4, -0.2) is 31.0 Å². The molecule has 0 bridgehead atoms. The highest BCUT2D eigenvalue weighted by Crippen LogP contribution is 2.25. The number of nitrogens with one attached hydrogen (secondary N) is 3. The Hall–Kier alpha value is -3.09. The number of aromatic nitrogens is 1. The standard InChI is InChI=1S/C18H23N5O2/c1-13(24)23-16-10-14(7-8-17(16)25-3)11-21-18(19-2)22-12-15-6-4-5-9-20-15/h4-10H,11-12H2,1-3H3,(H,23,24)(H2,19,21,22). The first kappa shape index (κ1) is 18.3. The second kappa shape index (κ2) is 9.27. The molecule has 0 aliphatic rings. The molecule has 0 aliphatic carbocycles. The first-order valence-corrected chi connectivity index (χ1v) is 7.91. The van der Waals surface area contributed by atoms with E-state index in [-0.39, 0.29) is 5.91 Å². The largest absolute Gasteiger partial charge is 0.495 e. The monoisotopic (exact) mass is 341 g/mol. The van der Waals surface area contributed by atoms with Crippen LogP contribution < -0.4 is 20.7 Å². The smallest absolute Gasteiger partial charge is 0.221 e. The average molecular weight is 341 g/mol. The van der Waals surface area contributed by atoms with Gasteiger partial charge in [0, 0.05) is 26.7 Å². The number of anilines is 1. The molecule has 1 heterocycles. The van der Waals surface area contributed by atoms with E-state index in [0.29, 0.717) is 30.5 Å². The molecule has 25 heavy (non-hydrogen) atoms. The molecule has 0 saturated heterocycles. The molecule has 0 saturated carbocycles. The van der Waals surface area contributed by atoms with Crippen LogP contribution in [0.25, 0.3) is 0 Å². The molecule has 7 nitrogen and oxygen atoms in total. The third-order valence-electron chi connectivity index (χ3n) is 3.42. The Labute approximate surface area is 147 Å². The zero-order valence-corrected chi connectivity index (χ0v) is 14.7. The lowest BCUT2D eigenvalue weighted by atomic mass is 10.2. The van der Waals surface area contributed by atoms with Gasteiger partial charge in [0.1, 0.15) is 5.75 Å². The van der Waals surface area contributed by atoms with Crippen LogP contribution in [0.15, 0.2) is 47.6 Å². The van der Waals surface area contributed by atoms with E-state index in [1.165, 1.54) is 6.92 Å². The molecule has 2 aromatic rings. The maximum absolute atomic E-state index is 11.3. The van der Waals surface area contributed by atoms with E-state index in [4.69, 9.17) is 4.74 Å². The molecule has 0 spiro atoms. The van der Waals surface area contributed by atoms with Gasteiger partial charge < -0.3 is 20.7 Å². The summed E-state index contributed by atoms with van der Waals surface area (Å²) in [6, 6.07) is 11.4. The number of nitrogens with zero attached hydrogens (tertiary/aromatic N) is 2. The van der Waals surface area contributed by atoms with Gasteiger partial charge in [0.2, 0.25) is 5.91 Å². The SMILES string of the molecule is CN=C(NCc1ccc(OC)c(NC(C)=O)c1)NCc1ccccn1. The van der Waals surface area contributed by atoms with Gasteiger partial charge in [-0.15, -0.1) is 0 Å². The van der Waals surface area contributed by atoms with Crippen LogP contribution >= 0.6 is 0 Å². The number of aliphatic imine (C=N–C) groups is 1. The fourth-order valence-electron chi connectivity index (χ4n) is 2.24. The Morgan fingerprint density at radius 2 is 2.00 bits per heavy atom. The number of methoxy groups -OCH3 is 1. The van der Waals surface area contributed by atoms with Crippen molar-refractivity contribution in [2.45, 2.75) is 20.0 Å². The van der Waals surface area contributed by atoms with E-state index >= 15 is 0 Å². The van der Waals surface area contributed by atoms with E-state index in [9.17, 15) is 4.79 Å². The van der Waals surface area contributed by atoms with Gasteiger partial charge in [0.15, 0.2) is 5.96 Å². The molecular weight excluding hydrogens is 318 g/mol. The molecule has 2 rings (SSSR count). The van der Waals surface area contributed by atoms with Crippen LogP contribution in [0.2, 0.25) is 0 Å². The number of benzene rings is 1. The van der Waals surface area contributed by atoms with Crippen LogP contribution in [-0.2, 0) is 17.9 Å². The van der Waals surface area contributed by atoms with Crippen molar-refractivity contribution in [2.75, 3.05) is 19.5 Å². The molecule has 1 aromatic heterocycles. The molecular formula is C18H23N5O2. The second-order valence-electron chi connectivity index (χ2n) is 5.32. The van der Waals surface area contributed by atoms with E-state index in [0.717, 1.165) is 11.3 Å². The minimum Gasteiger partial charge on any atom is -0.495 e. The highest BCUT2D eigenvalue weighted by molar-refractivity contribution is 5.90. The summed E-state index contributed by atoms with van der Waals surface area (Å²) in [4.78, 5) is 19.8. The minimum absolute atomic E-state index is 0.142. The van der Waals surface area contributed by atoms with Crippen LogP contribution in [0, 0.1) is 0 Å². The highest BCUT2D eigenvalue weighted by atomic mass is 16.5. The number of guanidine groups is 1. The van der Waals surface area contributed by atoms with E-state index in [1.807, 2.05) is 36.4 Å². The number of ether oxygens (including phenoxy) is 1. The topological polar surface area (TPSA) is 87.6 Å². The molecule has 0 atom stereocenters. The Kier molecular flexibility index (Phi) is 6.76. The molecule has 0 aliphatic heterocycles. The fourth-order valence-corrected chi connectivity index (χ4v) is 2.24. The van der Waals surface area contributed by atoms with Crippen molar-refractivity contribution in [1.82, 2.24) is 15.6 Å². The van der Waals surface area contributed by atoms with Crippen LogP contribution in [0.4, 0.5) is 5.69 Å². The highest BCUT2D eigenvalue weighted by Gasteiger charge is 2.07. The maximum Gasteiger partial charge on any atom is 0.221 e. The van der Waals surface area contributed by atoms with E-state index in [1.54, 1.807) is 20.4 Å². The van der Waals surface area contributed by atoms with Crippen molar-refractivity contribution >= 4 is 17.6 Å². The summed E-state index contributed by atoms with van der Waals surface area (Å²) < 4.78 is 5.26. The minimum atomic E-state index is -0.142. The summed E-state index contributed by atoms with van der Waals surface area (Å²) >= 11 is 0. The van der Waals surface area contributed by atoms with Crippen molar-refractivity contribution in [3.05, 3.63) is 53.9 Å². The number of carbonyl (C=O) groups excluding carboxylic acids is 1. The van der Waals surface area contributed by atoms with Crippen molar-refractivity contribution in [1.29, 1.82) is 0 Å². The molecule has 1 aromatic carbocycles.